The Kier molecular flexibility index (Phi) is 2.68. The number of allylic oxidation sites excluding steroid dienone is 1. The Morgan fingerprint density at radius 2 is 2.32 bits per heavy atom. The number of aromatic amines is 1. The van der Waals surface area contributed by atoms with E-state index >= 15 is 0 Å². The second kappa shape index (κ2) is 4.49. The molecular formula is C13H10N4O2. The molecule has 0 saturated carbocycles. The van der Waals surface area contributed by atoms with Gasteiger partial charge in [0.15, 0.2) is 11.2 Å². The largest absolute Gasteiger partial charge is 0.452 e. The molecular weight excluding hydrogens is 244 g/mol. The maximum Gasteiger partial charge on any atom is 0.239 e. The van der Waals surface area contributed by atoms with Crippen LogP contribution in [0.3, 0.4) is 0 Å². The van der Waals surface area contributed by atoms with Crippen molar-refractivity contribution in [1.82, 2.24) is 20.6 Å². The maximum atomic E-state index is 12.1. The van der Waals surface area contributed by atoms with Gasteiger partial charge in [0.1, 0.15) is 5.58 Å². The standard InChI is InChI=1S/C13H10N4O2/c1-2-4-8-5-3-6-9-10(18)7-11(19-12(8)9)13-14-16-17-15-13/h2-3,5-7H,1,4H2,(H,14,15,16,17). The van der Waals surface area contributed by atoms with E-state index in [4.69, 9.17) is 4.42 Å². The van der Waals surface area contributed by atoms with Crippen LogP contribution in [0.25, 0.3) is 22.6 Å². The molecule has 0 fully saturated rings. The molecule has 0 aliphatic heterocycles. The number of hydrogen-bond acceptors (Lipinski definition) is 5. The number of benzene rings is 1. The summed E-state index contributed by atoms with van der Waals surface area (Å²) in [6, 6.07) is 6.82. The molecule has 3 rings (SSSR count). The van der Waals surface area contributed by atoms with Gasteiger partial charge in [0.25, 0.3) is 0 Å². The Bertz CT molecular complexity index is 790. The molecule has 0 aliphatic rings. The van der Waals surface area contributed by atoms with Gasteiger partial charge in [-0.3, -0.25) is 4.79 Å². The minimum atomic E-state index is -0.132. The lowest BCUT2D eigenvalue weighted by Gasteiger charge is -2.04. The van der Waals surface area contributed by atoms with Gasteiger partial charge in [0.2, 0.25) is 5.82 Å². The van der Waals surface area contributed by atoms with Crippen molar-refractivity contribution in [2.24, 2.45) is 0 Å². The SMILES string of the molecule is C=CCc1cccc2c(=O)cc(-c3nn[nH]n3)oc12. The highest BCUT2D eigenvalue weighted by Gasteiger charge is 2.12. The first-order chi connectivity index (χ1) is 9.29. The molecule has 6 heteroatoms. The van der Waals surface area contributed by atoms with E-state index in [0.29, 0.717) is 23.2 Å². The Morgan fingerprint density at radius 1 is 1.42 bits per heavy atom. The zero-order chi connectivity index (χ0) is 13.2. The summed E-state index contributed by atoms with van der Waals surface area (Å²) in [5.41, 5.74) is 1.30. The van der Waals surface area contributed by atoms with Crippen molar-refractivity contribution in [2.75, 3.05) is 0 Å². The van der Waals surface area contributed by atoms with Crippen LogP contribution in [0.15, 0.2) is 46.1 Å². The van der Waals surface area contributed by atoms with Crippen molar-refractivity contribution in [3.8, 4) is 11.6 Å². The third-order valence-electron chi connectivity index (χ3n) is 2.77. The number of tetrazole rings is 1. The number of nitrogens with zero attached hydrogens (tertiary/aromatic N) is 3. The van der Waals surface area contributed by atoms with Crippen LogP contribution < -0.4 is 5.43 Å². The molecule has 0 amide bonds. The van der Waals surface area contributed by atoms with E-state index in [9.17, 15) is 4.79 Å². The number of rotatable bonds is 3. The van der Waals surface area contributed by atoms with E-state index < -0.39 is 0 Å². The Hall–Kier alpha value is -2.76. The van der Waals surface area contributed by atoms with E-state index in [-0.39, 0.29) is 11.3 Å². The van der Waals surface area contributed by atoms with Crippen LogP contribution in [0, 0.1) is 0 Å². The molecule has 0 saturated heterocycles. The fraction of sp³-hybridized carbons (Fsp3) is 0.0769. The van der Waals surface area contributed by atoms with Crippen molar-refractivity contribution in [1.29, 1.82) is 0 Å². The molecule has 0 atom stereocenters. The average Bonchev–Trinajstić information content (AvgIpc) is 2.94. The minimum absolute atomic E-state index is 0.132. The zero-order valence-corrected chi connectivity index (χ0v) is 9.96. The topological polar surface area (TPSA) is 84.7 Å². The van der Waals surface area contributed by atoms with Crippen molar-refractivity contribution < 1.29 is 4.42 Å². The summed E-state index contributed by atoms with van der Waals surface area (Å²) >= 11 is 0. The van der Waals surface area contributed by atoms with Crippen LogP contribution in [-0.2, 0) is 6.42 Å². The van der Waals surface area contributed by atoms with Crippen LogP contribution in [0.2, 0.25) is 0 Å². The van der Waals surface area contributed by atoms with E-state index in [2.05, 4.69) is 27.2 Å². The lowest BCUT2D eigenvalue weighted by molar-refractivity contribution is 0.609. The van der Waals surface area contributed by atoms with E-state index in [1.165, 1.54) is 6.07 Å². The number of para-hydroxylation sites is 1. The van der Waals surface area contributed by atoms with Gasteiger partial charge in [-0.15, -0.1) is 16.8 Å². The van der Waals surface area contributed by atoms with Gasteiger partial charge in [-0.25, -0.2) is 0 Å². The third kappa shape index (κ3) is 1.93. The molecule has 1 N–H and O–H groups in total. The molecule has 6 nitrogen and oxygen atoms in total. The van der Waals surface area contributed by atoms with Gasteiger partial charge in [-0.05, 0) is 23.3 Å². The first-order valence-corrected chi connectivity index (χ1v) is 5.70. The van der Waals surface area contributed by atoms with Crippen LogP contribution in [0.5, 0.6) is 0 Å². The normalized spacial score (nSPS) is 10.7. The number of fused-ring (bicyclic) bond motifs is 1. The molecule has 2 heterocycles. The van der Waals surface area contributed by atoms with Gasteiger partial charge in [-0.1, -0.05) is 18.2 Å². The molecule has 94 valence electrons. The highest BCUT2D eigenvalue weighted by molar-refractivity contribution is 5.81. The summed E-state index contributed by atoms with van der Waals surface area (Å²) in [5, 5.41) is 13.9. The van der Waals surface area contributed by atoms with Gasteiger partial charge >= 0.3 is 0 Å². The fourth-order valence-electron chi connectivity index (χ4n) is 1.93. The van der Waals surface area contributed by atoms with Crippen LogP contribution >= 0.6 is 0 Å². The van der Waals surface area contributed by atoms with Crippen LogP contribution in [-0.4, -0.2) is 20.6 Å². The summed E-state index contributed by atoms with van der Waals surface area (Å²) in [7, 11) is 0. The lowest BCUT2D eigenvalue weighted by atomic mass is 10.1. The smallest absolute Gasteiger partial charge is 0.239 e. The predicted octanol–water partition coefficient (Wildman–Crippen LogP) is 1.70. The number of hydrogen-bond donors (Lipinski definition) is 1. The monoisotopic (exact) mass is 254 g/mol. The summed E-state index contributed by atoms with van der Waals surface area (Å²) < 4.78 is 5.74. The first kappa shape index (κ1) is 11.3. The summed E-state index contributed by atoms with van der Waals surface area (Å²) in [6.45, 7) is 3.70. The molecule has 3 aromatic rings. The fourth-order valence-corrected chi connectivity index (χ4v) is 1.93. The summed E-state index contributed by atoms with van der Waals surface area (Å²) in [6.07, 6.45) is 2.38. The Balaban J connectivity index is 2.31. The van der Waals surface area contributed by atoms with Crippen molar-refractivity contribution in [3.63, 3.8) is 0 Å². The van der Waals surface area contributed by atoms with Crippen LogP contribution in [0.1, 0.15) is 5.56 Å². The Morgan fingerprint density at radius 3 is 3.05 bits per heavy atom. The van der Waals surface area contributed by atoms with Crippen molar-refractivity contribution >= 4 is 11.0 Å². The number of aromatic nitrogens is 4. The van der Waals surface area contributed by atoms with Gasteiger partial charge in [0, 0.05) is 6.07 Å². The van der Waals surface area contributed by atoms with Gasteiger partial charge in [0.05, 0.1) is 5.39 Å². The van der Waals surface area contributed by atoms with Gasteiger partial charge < -0.3 is 4.42 Å². The predicted molar refractivity (Wildman–Crippen MR) is 69.6 cm³/mol. The van der Waals surface area contributed by atoms with E-state index in [0.717, 1.165) is 5.56 Å². The molecule has 0 unspecified atom stereocenters. The first-order valence-electron chi connectivity index (χ1n) is 5.70. The minimum Gasteiger partial charge on any atom is -0.452 e. The molecule has 0 radical (unpaired) electrons. The lowest BCUT2D eigenvalue weighted by Crippen LogP contribution is -2.02. The van der Waals surface area contributed by atoms with Gasteiger partial charge in [-0.2, -0.15) is 5.21 Å². The van der Waals surface area contributed by atoms with E-state index in [1.54, 1.807) is 12.1 Å². The Labute approximate surface area is 107 Å². The molecule has 1 aromatic carbocycles. The molecule has 0 aliphatic carbocycles. The zero-order valence-electron chi connectivity index (χ0n) is 9.96. The summed E-state index contributed by atoms with van der Waals surface area (Å²) in [4.78, 5) is 12.1. The second-order valence-electron chi connectivity index (χ2n) is 4.00. The highest BCUT2D eigenvalue weighted by atomic mass is 16.3. The van der Waals surface area contributed by atoms with Crippen LogP contribution in [0.4, 0.5) is 0 Å². The highest BCUT2D eigenvalue weighted by Crippen LogP contribution is 2.22. The molecule has 0 bridgehead atoms. The average molecular weight is 254 g/mol. The number of H-pyrrole nitrogens is 1. The molecule has 2 aromatic heterocycles. The van der Waals surface area contributed by atoms with Crippen molar-refractivity contribution in [3.05, 3.63) is 52.7 Å². The molecule has 19 heavy (non-hydrogen) atoms. The van der Waals surface area contributed by atoms with Crippen molar-refractivity contribution in [2.45, 2.75) is 6.42 Å². The maximum absolute atomic E-state index is 12.1. The third-order valence-corrected chi connectivity index (χ3v) is 2.77. The summed E-state index contributed by atoms with van der Waals surface area (Å²) in [5.74, 6) is 0.551. The quantitative estimate of drug-likeness (QED) is 0.719. The van der Waals surface area contributed by atoms with E-state index in [1.807, 2.05) is 12.1 Å². The molecule has 0 spiro atoms. The number of nitrogens with one attached hydrogen (secondary N) is 1. The second-order valence-corrected chi connectivity index (χ2v) is 4.00.